The van der Waals surface area contributed by atoms with Crippen LogP contribution in [0.1, 0.15) is 123 Å². The van der Waals surface area contributed by atoms with Crippen LogP contribution >= 0.6 is 0 Å². The van der Waals surface area contributed by atoms with Gasteiger partial charge in [-0.2, -0.15) is 0 Å². The molecule has 0 radical (unpaired) electrons. The molecule has 0 saturated heterocycles. The second kappa shape index (κ2) is 32.8. The number of aliphatic hydroxyl groups excluding tert-OH is 1. The molecule has 0 bridgehead atoms. The van der Waals surface area contributed by atoms with Gasteiger partial charge in [0, 0.05) is 25.8 Å². The normalized spacial score (nSPS) is 14.2. The molecule has 0 fully saturated rings. The van der Waals surface area contributed by atoms with E-state index in [1.807, 2.05) is 30.3 Å². The molecular formula is C58H85N7O11. The summed E-state index contributed by atoms with van der Waals surface area (Å²) in [6.45, 7) is 14.2. The molecule has 0 aromatic heterocycles. The summed E-state index contributed by atoms with van der Waals surface area (Å²) in [6.07, 6.45) is -1.80. The zero-order valence-corrected chi connectivity index (χ0v) is 46.1. The van der Waals surface area contributed by atoms with E-state index in [0.29, 0.717) is 24.0 Å². The number of carbonyl (C=O) groups excluding carboxylic acids is 8. The van der Waals surface area contributed by atoms with Crippen LogP contribution in [0.25, 0.3) is 0 Å². The molecule has 8 N–H and O–H groups in total. The number of nitrogens with zero attached hydrogens (tertiary/aromatic N) is 2. The Labute approximate surface area is 449 Å². The van der Waals surface area contributed by atoms with Gasteiger partial charge in [-0.05, 0) is 78.9 Å². The number of rotatable bonds is 31. The van der Waals surface area contributed by atoms with Crippen LogP contribution in [0.15, 0.2) is 91.0 Å². The van der Waals surface area contributed by atoms with Crippen LogP contribution in [-0.4, -0.2) is 118 Å². The fraction of sp³-hybridized carbons (Fsp3) is 0.552. The van der Waals surface area contributed by atoms with Crippen LogP contribution < -0.4 is 27.4 Å². The zero-order chi connectivity index (χ0) is 56.5. The van der Waals surface area contributed by atoms with Gasteiger partial charge in [-0.3, -0.25) is 43.4 Å². The standard InChI is InChI=1S/C58H85N7O11/c1-37(2)49(59)54(70)62-51(39(5)6)56(72)64(46(66)30-20-13-23-33-61-58(74)76-36-43-28-18-12-19-29-43)44(34-41-24-14-10-15-25-41)53(69)45(35-42-26-16-11-17-27-42)65(47(67)31-21-22-32-48(68)75-9)57(73)52(40(7)8)63-55(71)50(60)38(3)4/h10-12,14-19,24-29,37-40,44-45,49-53,69H,13,20-23,30-36,59-60H2,1-9H3,(H,61,74)(H,62,70)(H,63,71)/t44?,45?,49-,50-,51-,52-,53?/m0/s1. The number of hydrogen-bond acceptors (Lipinski definition) is 13. The first-order valence-electron chi connectivity index (χ1n) is 26.7. The van der Waals surface area contributed by atoms with Crippen molar-refractivity contribution in [2.45, 2.75) is 169 Å². The molecule has 0 heterocycles. The number of hydrogen-bond donors (Lipinski definition) is 6. The number of esters is 1. The van der Waals surface area contributed by atoms with Crippen molar-refractivity contribution in [3.05, 3.63) is 108 Å². The predicted molar refractivity (Wildman–Crippen MR) is 290 cm³/mol. The first-order chi connectivity index (χ1) is 36.1. The first kappa shape index (κ1) is 63.8. The number of benzene rings is 3. The van der Waals surface area contributed by atoms with E-state index in [0.717, 1.165) is 15.4 Å². The second-order valence-electron chi connectivity index (χ2n) is 20.8. The summed E-state index contributed by atoms with van der Waals surface area (Å²) >= 11 is 0. The van der Waals surface area contributed by atoms with Gasteiger partial charge >= 0.3 is 12.1 Å². The molecule has 3 rings (SSSR count). The van der Waals surface area contributed by atoms with Gasteiger partial charge in [0.2, 0.25) is 23.6 Å². The van der Waals surface area contributed by atoms with Crippen LogP contribution in [0.5, 0.6) is 0 Å². The van der Waals surface area contributed by atoms with E-state index in [1.54, 1.807) is 116 Å². The van der Waals surface area contributed by atoms with Gasteiger partial charge in [-0.1, -0.05) is 153 Å². The number of alkyl carbamates (subject to hydrolysis) is 1. The van der Waals surface area contributed by atoms with Crippen molar-refractivity contribution in [2.24, 2.45) is 35.1 Å². The number of unbranched alkanes of at least 4 members (excludes halogenated alkanes) is 3. The third kappa shape index (κ3) is 20.6. The lowest BCUT2D eigenvalue weighted by Crippen LogP contribution is -2.65. The van der Waals surface area contributed by atoms with Crippen LogP contribution in [-0.2, 0) is 62.5 Å². The Hall–Kier alpha value is -6.50. The molecule has 7 amide bonds. The molecule has 3 aromatic rings. The summed E-state index contributed by atoms with van der Waals surface area (Å²) in [5, 5.41) is 21.7. The number of amides is 7. The van der Waals surface area contributed by atoms with Crippen molar-refractivity contribution in [3.63, 3.8) is 0 Å². The van der Waals surface area contributed by atoms with Gasteiger partial charge in [0.15, 0.2) is 0 Å². The van der Waals surface area contributed by atoms with E-state index < -0.39 is 102 Å². The lowest BCUT2D eigenvalue weighted by atomic mass is 9.88. The summed E-state index contributed by atoms with van der Waals surface area (Å²) in [6, 6.07) is 19.2. The molecule has 7 atom stereocenters. The maximum Gasteiger partial charge on any atom is 0.407 e. The van der Waals surface area contributed by atoms with E-state index in [1.165, 1.54) is 7.11 Å². The van der Waals surface area contributed by atoms with E-state index in [4.69, 9.17) is 20.9 Å². The Kier molecular flexibility index (Phi) is 27.6. The predicted octanol–water partition coefficient (Wildman–Crippen LogP) is 5.75. The molecule has 0 spiro atoms. The minimum absolute atomic E-state index is 0.00265. The number of imide groups is 2. The third-order valence-corrected chi connectivity index (χ3v) is 13.3. The number of ether oxygens (including phenoxy) is 2. The summed E-state index contributed by atoms with van der Waals surface area (Å²) in [5.41, 5.74) is 14.6. The highest BCUT2D eigenvalue weighted by molar-refractivity contribution is 6.01. The Morgan fingerprint density at radius 1 is 0.526 bits per heavy atom. The number of nitrogens with one attached hydrogen (secondary N) is 3. The SMILES string of the molecule is COC(=O)CCCCC(=O)N(C(=O)[C@@H](NC(=O)[C@@H](N)C(C)C)C(C)C)C(Cc1ccccc1)C(O)C(Cc1ccccc1)N(C(=O)CCCCCNC(=O)OCc1ccccc1)C(=O)[C@@H](NC(=O)[C@@H](N)C(C)C)C(C)C. The van der Waals surface area contributed by atoms with Crippen molar-refractivity contribution in [1.82, 2.24) is 25.8 Å². The van der Waals surface area contributed by atoms with E-state index in [9.17, 15) is 24.3 Å². The highest BCUT2D eigenvalue weighted by Crippen LogP contribution is 2.27. The van der Waals surface area contributed by atoms with Crippen LogP contribution in [0.4, 0.5) is 4.79 Å². The molecule has 3 unspecified atom stereocenters. The fourth-order valence-electron chi connectivity index (χ4n) is 8.50. The maximum atomic E-state index is 15.5. The number of methoxy groups -OCH3 is 1. The summed E-state index contributed by atoms with van der Waals surface area (Å²) in [7, 11) is 1.25. The average Bonchev–Trinajstić information content (AvgIpc) is 3.40. The molecule has 418 valence electrons. The van der Waals surface area contributed by atoms with Gasteiger partial charge in [-0.15, -0.1) is 0 Å². The van der Waals surface area contributed by atoms with Crippen LogP contribution in [0.3, 0.4) is 0 Å². The van der Waals surface area contributed by atoms with Crippen LogP contribution in [0, 0.1) is 23.7 Å². The van der Waals surface area contributed by atoms with Crippen molar-refractivity contribution >= 4 is 47.5 Å². The van der Waals surface area contributed by atoms with Crippen LogP contribution in [0.2, 0.25) is 0 Å². The first-order valence-corrected chi connectivity index (χ1v) is 26.7. The Bertz CT molecular complexity index is 2300. The fourth-order valence-corrected chi connectivity index (χ4v) is 8.50. The molecule has 0 aliphatic carbocycles. The third-order valence-electron chi connectivity index (χ3n) is 13.3. The largest absolute Gasteiger partial charge is 0.469 e. The molecule has 76 heavy (non-hydrogen) atoms. The van der Waals surface area contributed by atoms with E-state index in [2.05, 4.69) is 16.0 Å². The van der Waals surface area contributed by atoms with Crippen molar-refractivity contribution < 1.29 is 52.9 Å². The lowest BCUT2D eigenvalue weighted by molar-refractivity contribution is -0.160. The molecule has 0 saturated carbocycles. The lowest BCUT2D eigenvalue weighted by Gasteiger charge is -2.43. The van der Waals surface area contributed by atoms with E-state index >= 15 is 19.2 Å². The van der Waals surface area contributed by atoms with Crippen molar-refractivity contribution in [2.75, 3.05) is 13.7 Å². The monoisotopic (exact) mass is 1060 g/mol. The molecular weight excluding hydrogens is 971 g/mol. The quantitative estimate of drug-likeness (QED) is 0.0332. The zero-order valence-electron chi connectivity index (χ0n) is 46.1. The summed E-state index contributed by atoms with van der Waals surface area (Å²) in [5.74, 6) is -6.71. The second-order valence-corrected chi connectivity index (χ2v) is 20.8. The van der Waals surface area contributed by atoms with Crippen molar-refractivity contribution in [3.8, 4) is 0 Å². The van der Waals surface area contributed by atoms with Gasteiger partial charge in [0.1, 0.15) is 18.7 Å². The minimum Gasteiger partial charge on any atom is -0.469 e. The Balaban J connectivity index is 2.25. The van der Waals surface area contributed by atoms with Gasteiger partial charge in [0.25, 0.3) is 11.8 Å². The summed E-state index contributed by atoms with van der Waals surface area (Å²) in [4.78, 5) is 115. The molecule has 18 nitrogen and oxygen atoms in total. The van der Waals surface area contributed by atoms with Crippen molar-refractivity contribution in [1.29, 1.82) is 0 Å². The molecule has 3 aromatic carbocycles. The molecule has 0 aliphatic heterocycles. The Morgan fingerprint density at radius 3 is 1.29 bits per heavy atom. The number of nitrogens with two attached hydrogens (primary N) is 2. The average molecular weight is 1060 g/mol. The summed E-state index contributed by atoms with van der Waals surface area (Å²) < 4.78 is 10.1. The number of carbonyl (C=O) groups is 8. The van der Waals surface area contributed by atoms with Gasteiger partial charge < -0.3 is 42.0 Å². The van der Waals surface area contributed by atoms with Gasteiger partial charge in [-0.25, -0.2) is 4.79 Å². The topological polar surface area (TPSA) is 270 Å². The maximum absolute atomic E-state index is 15.5. The van der Waals surface area contributed by atoms with E-state index in [-0.39, 0.29) is 76.4 Å². The smallest absolute Gasteiger partial charge is 0.407 e. The highest BCUT2D eigenvalue weighted by Gasteiger charge is 2.47. The highest BCUT2D eigenvalue weighted by atomic mass is 16.5. The Morgan fingerprint density at radius 2 is 0.908 bits per heavy atom. The molecule has 18 heteroatoms. The minimum atomic E-state index is -1.87. The van der Waals surface area contributed by atoms with Gasteiger partial charge in [0.05, 0.1) is 37.4 Å². The number of aliphatic hydroxyl groups is 1. The molecule has 0 aliphatic rings.